The van der Waals surface area contributed by atoms with Crippen LogP contribution in [0.4, 0.5) is 5.69 Å². The molecule has 0 atom stereocenters. The Morgan fingerprint density at radius 3 is 2.29 bits per heavy atom. The van der Waals surface area contributed by atoms with Gasteiger partial charge in [-0.15, -0.1) is 0 Å². The molecule has 0 aromatic heterocycles. The molecule has 0 unspecified atom stereocenters. The number of phenolic OH excluding ortho intramolecular Hbond substituents is 2. The van der Waals surface area contributed by atoms with Crippen molar-refractivity contribution in [2.45, 2.75) is 4.90 Å². The van der Waals surface area contributed by atoms with Gasteiger partial charge in [-0.1, -0.05) is 36.4 Å². The summed E-state index contributed by atoms with van der Waals surface area (Å²) >= 11 is 0. The molecule has 0 aliphatic carbocycles. The minimum absolute atomic E-state index is 0.0785. The van der Waals surface area contributed by atoms with Crippen LogP contribution in [0.1, 0.15) is 5.56 Å². The normalized spacial score (nSPS) is 12.0. The van der Waals surface area contributed by atoms with Gasteiger partial charge in [0.15, 0.2) is 0 Å². The van der Waals surface area contributed by atoms with Crippen molar-refractivity contribution < 1.29 is 23.2 Å². The molecule has 0 saturated heterocycles. The first-order chi connectivity index (χ1) is 11.4. The van der Waals surface area contributed by atoms with Crippen LogP contribution in [0.2, 0.25) is 0 Å². The molecule has 3 N–H and O–H groups in total. The summed E-state index contributed by atoms with van der Waals surface area (Å²) in [4.78, 5) is 3.82. The van der Waals surface area contributed by atoms with E-state index < -0.39 is 10.1 Å². The van der Waals surface area contributed by atoms with E-state index in [9.17, 15) is 23.2 Å². The summed E-state index contributed by atoms with van der Waals surface area (Å²) in [6, 6.07) is 13.8. The molecule has 0 bridgehead atoms. The third kappa shape index (κ3) is 3.08. The lowest BCUT2D eigenvalue weighted by atomic mass is 10.1. The monoisotopic (exact) mass is 343 g/mol. The second-order valence-corrected chi connectivity index (χ2v) is 6.51. The zero-order valence-corrected chi connectivity index (χ0v) is 13.1. The number of benzene rings is 3. The molecule has 0 saturated carbocycles. The molecule has 0 aliphatic rings. The Bertz CT molecular complexity index is 1060. The molecule has 24 heavy (non-hydrogen) atoms. The first kappa shape index (κ1) is 16.0. The predicted molar refractivity (Wildman–Crippen MR) is 90.8 cm³/mol. The van der Waals surface area contributed by atoms with E-state index in [1.165, 1.54) is 24.4 Å². The molecule has 0 heterocycles. The van der Waals surface area contributed by atoms with Gasteiger partial charge in [-0.2, -0.15) is 8.42 Å². The average Bonchev–Trinajstić information content (AvgIpc) is 2.52. The number of hydrogen-bond acceptors (Lipinski definition) is 5. The Morgan fingerprint density at radius 1 is 0.917 bits per heavy atom. The number of aliphatic imine (C=N–C) groups is 1. The van der Waals surface area contributed by atoms with E-state index in [4.69, 9.17) is 0 Å². The van der Waals surface area contributed by atoms with Crippen molar-refractivity contribution in [1.82, 2.24) is 0 Å². The number of fused-ring (bicyclic) bond motifs is 1. The molecule has 7 heteroatoms. The van der Waals surface area contributed by atoms with Crippen molar-refractivity contribution in [3.8, 4) is 11.5 Å². The molecule has 3 rings (SSSR count). The Kier molecular flexibility index (Phi) is 3.96. The van der Waals surface area contributed by atoms with Crippen LogP contribution in [0.5, 0.6) is 11.5 Å². The number of aromatic hydroxyl groups is 2. The molecule has 3 aromatic carbocycles. The molecule has 3 aromatic rings. The third-order valence-corrected chi connectivity index (χ3v) is 4.34. The lowest BCUT2D eigenvalue weighted by Gasteiger charge is -2.09. The van der Waals surface area contributed by atoms with Crippen LogP contribution in [-0.4, -0.2) is 29.4 Å². The summed E-state index contributed by atoms with van der Waals surface area (Å²) in [5.74, 6) is -0.299. The lowest BCUT2D eigenvalue weighted by molar-refractivity contribution is 0.469. The van der Waals surface area contributed by atoms with Gasteiger partial charge >= 0.3 is 0 Å². The Hall–Kier alpha value is -2.90. The van der Waals surface area contributed by atoms with Crippen LogP contribution < -0.4 is 0 Å². The van der Waals surface area contributed by atoms with Crippen molar-refractivity contribution in [3.05, 3.63) is 60.2 Å². The van der Waals surface area contributed by atoms with E-state index in [1.54, 1.807) is 30.3 Å². The van der Waals surface area contributed by atoms with Crippen molar-refractivity contribution in [1.29, 1.82) is 0 Å². The minimum atomic E-state index is -4.49. The predicted octanol–water partition coefficient (Wildman–Crippen LogP) is 3.25. The maximum Gasteiger partial charge on any atom is 0.295 e. The van der Waals surface area contributed by atoms with E-state index >= 15 is 0 Å². The van der Waals surface area contributed by atoms with Gasteiger partial charge in [-0.25, -0.2) is 0 Å². The minimum Gasteiger partial charge on any atom is -0.508 e. The number of nitrogens with zero attached hydrogens (tertiary/aromatic N) is 1. The quantitative estimate of drug-likeness (QED) is 0.500. The van der Waals surface area contributed by atoms with Gasteiger partial charge in [0.2, 0.25) is 0 Å². The van der Waals surface area contributed by atoms with Crippen LogP contribution >= 0.6 is 0 Å². The Balaban J connectivity index is 2.21. The molecule has 0 amide bonds. The summed E-state index contributed by atoms with van der Waals surface area (Å²) in [6.45, 7) is 0. The fraction of sp³-hybridized carbons (Fsp3) is 0. The first-order valence-corrected chi connectivity index (χ1v) is 8.35. The molecule has 0 spiro atoms. The summed E-state index contributed by atoms with van der Waals surface area (Å²) in [6.07, 6.45) is 1.44. The highest BCUT2D eigenvalue weighted by Gasteiger charge is 2.18. The van der Waals surface area contributed by atoms with E-state index in [2.05, 4.69) is 4.99 Å². The molecule has 0 aliphatic heterocycles. The SMILES string of the molecule is O=S(=O)(O)c1cc(O)c(N=Cc2cccc(O)c2)c2ccccc12. The van der Waals surface area contributed by atoms with Crippen LogP contribution in [0.3, 0.4) is 0 Å². The van der Waals surface area contributed by atoms with Crippen molar-refractivity contribution in [3.63, 3.8) is 0 Å². The van der Waals surface area contributed by atoms with E-state index in [0.29, 0.717) is 10.9 Å². The fourth-order valence-electron chi connectivity index (χ4n) is 2.41. The topological polar surface area (TPSA) is 107 Å². The lowest BCUT2D eigenvalue weighted by Crippen LogP contribution is -1.99. The zero-order chi connectivity index (χ0) is 17.3. The summed E-state index contributed by atoms with van der Waals surface area (Å²) in [5.41, 5.74) is 0.777. The molecule has 122 valence electrons. The third-order valence-electron chi connectivity index (χ3n) is 3.45. The van der Waals surface area contributed by atoms with E-state index in [1.807, 2.05) is 0 Å². The van der Waals surface area contributed by atoms with E-state index in [0.717, 1.165) is 6.07 Å². The Morgan fingerprint density at radius 2 is 1.62 bits per heavy atom. The number of phenols is 2. The van der Waals surface area contributed by atoms with Crippen LogP contribution in [0.25, 0.3) is 10.8 Å². The smallest absolute Gasteiger partial charge is 0.295 e. The van der Waals surface area contributed by atoms with Gasteiger partial charge in [0.05, 0.1) is 0 Å². The average molecular weight is 343 g/mol. The van der Waals surface area contributed by atoms with Gasteiger partial charge < -0.3 is 10.2 Å². The van der Waals surface area contributed by atoms with Gasteiger partial charge in [-0.05, 0) is 17.7 Å². The number of rotatable bonds is 3. The highest BCUT2D eigenvalue weighted by molar-refractivity contribution is 7.86. The van der Waals surface area contributed by atoms with Gasteiger partial charge in [0.25, 0.3) is 10.1 Å². The standard InChI is InChI=1S/C17H13NO5S/c19-12-5-3-4-11(8-12)10-18-17-14-7-2-1-6-13(14)16(9-15(17)20)24(21,22)23/h1-10,19-20H,(H,21,22,23). The highest BCUT2D eigenvalue weighted by atomic mass is 32.2. The van der Waals surface area contributed by atoms with Crippen molar-refractivity contribution in [2.75, 3.05) is 0 Å². The fourth-order valence-corrected chi connectivity index (χ4v) is 3.12. The summed E-state index contributed by atoms with van der Waals surface area (Å²) < 4.78 is 32.3. The molecular formula is C17H13NO5S. The first-order valence-electron chi connectivity index (χ1n) is 6.91. The second-order valence-electron chi connectivity index (χ2n) is 5.12. The zero-order valence-electron chi connectivity index (χ0n) is 12.3. The molecular weight excluding hydrogens is 330 g/mol. The molecule has 0 fully saturated rings. The summed E-state index contributed by atoms with van der Waals surface area (Å²) in [7, 11) is -4.49. The Labute approximate surface area is 138 Å². The van der Waals surface area contributed by atoms with Gasteiger partial charge in [0, 0.05) is 23.1 Å². The van der Waals surface area contributed by atoms with Crippen LogP contribution in [-0.2, 0) is 10.1 Å². The molecule has 0 radical (unpaired) electrons. The van der Waals surface area contributed by atoms with E-state index in [-0.39, 0.29) is 27.5 Å². The van der Waals surface area contributed by atoms with Crippen molar-refractivity contribution >= 4 is 32.8 Å². The van der Waals surface area contributed by atoms with Gasteiger partial charge in [-0.3, -0.25) is 9.55 Å². The van der Waals surface area contributed by atoms with Crippen LogP contribution in [0, 0.1) is 0 Å². The maximum atomic E-state index is 11.5. The van der Waals surface area contributed by atoms with Gasteiger partial charge in [0.1, 0.15) is 22.1 Å². The summed E-state index contributed by atoms with van der Waals surface area (Å²) in [5, 5.41) is 20.2. The van der Waals surface area contributed by atoms with Crippen molar-refractivity contribution in [2.24, 2.45) is 4.99 Å². The number of hydrogen-bond donors (Lipinski definition) is 3. The second kappa shape index (κ2) is 5.95. The van der Waals surface area contributed by atoms with Crippen LogP contribution in [0.15, 0.2) is 64.5 Å². The highest BCUT2D eigenvalue weighted by Crippen LogP contribution is 2.39. The molecule has 6 nitrogen and oxygen atoms in total. The maximum absolute atomic E-state index is 11.5. The largest absolute Gasteiger partial charge is 0.508 e.